The molecule has 4 rings (SSSR count). The van der Waals surface area contributed by atoms with Crippen molar-refractivity contribution in [2.45, 2.75) is 25.8 Å². The number of nitrogens with one attached hydrogen (secondary N) is 2. The fourth-order valence-electron chi connectivity index (χ4n) is 3.51. The number of amides is 4. The van der Waals surface area contributed by atoms with E-state index < -0.39 is 6.03 Å². The van der Waals surface area contributed by atoms with Crippen LogP contribution in [0, 0.1) is 0 Å². The minimum atomic E-state index is -0.427. The molecule has 0 bridgehead atoms. The fourth-order valence-corrected chi connectivity index (χ4v) is 3.51. The summed E-state index contributed by atoms with van der Waals surface area (Å²) >= 11 is 0. The van der Waals surface area contributed by atoms with Crippen LogP contribution in [-0.2, 0) is 24.2 Å². The van der Waals surface area contributed by atoms with Crippen molar-refractivity contribution in [2.24, 2.45) is 0 Å². The van der Waals surface area contributed by atoms with Crippen LogP contribution in [-0.4, -0.2) is 29.3 Å². The van der Waals surface area contributed by atoms with Crippen LogP contribution in [0.25, 0.3) is 0 Å². The molecule has 1 saturated heterocycles. The van der Waals surface area contributed by atoms with E-state index in [2.05, 4.69) is 16.7 Å². The van der Waals surface area contributed by atoms with E-state index in [1.54, 1.807) is 24.3 Å². The van der Waals surface area contributed by atoms with Gasteiger partial charge in [0.05, 0.1) is 13.1 Å². The zero-order valence-electron chi connectivity index (χ0n) is 14.2. The van der Waals surface area contributed by atoms with Gasteiger partial charge in [-0.15, -0.1) is 0 Å². The lowest BCUT2D eigenvalue weighted by Gasteiger charge is -2.15. The van der Waals surface area contributed by atoms with Crippen molar-refractivity contribution in [3.05, 3.63) is 64.7 Å². The van der Waals surface area contributed by atoms with Crippen LogP contribution in [0.15, 0.2) is 42.5 Å². The van der Waals surface area contributed by atoms with Gasteiger partial charge in [-0.25, -0.2) is 4.79 Å². The fraction of sp³-hybridized carbons (Fsp3) is 0.250. The Hall–Kier alpha value is -3.15. The number of nitrogens with zero attached hydrogens (tertiary/aromatic N) is 1. The van der Waals surface area contributed by atoms with Gasteiger partial charge in [0, 0.05) is 11.3 Å². The maximum atomic E-state index is 12.8. The van der Waals surface area contributed by atoms with Gasteiger partial charge in [0.2, 0.25) is 5.91 Å². The van der Waals surface area contributed by atoms with Gasteiger partial charge in [-0.2, -0.15) is 0 Å². The molecule has 26 heavy (non-hydrogen) atoms. The highest BCUT2D eigenvalue weighted by atomic mass is 16.2. The van der Waals surface area contributed by atoms with Gasteiger partial charge in [0.15, 0.2) is 0 Å². The summed E-state index contributed by atoms with van der Waals surface area (Å²) in [6.45, 7) is 0.0841. The minimum Gasteiger partial charge on any atom is -0.329 e. The van der Waals surface area contributed by atoms with Gasteiger partial charge in [0.25, 0.3) is 5.91 Å². The number of carbonyl (C=O) groups excluding carboxylic acids is 3. The molecule has 1 aliphatic carbocycles. The predicted octanol–water partition coefficient (Wildman–Crippen LogP) is 2.48. The van der Waals surface area contributed by atoms with Gasteiger partial charge < -0.3 is 10.6 Å². The van der Waals surface area contributed by atoms with E-state index in [-0.39, 0.29) is 24.9 Å². The van der Waals surface area contributed by atoms with Crippen LogP contribution < -0.4 is 10.6 Å². The summed E-state index contributed by atoms with van der Waals surface area (Å²) in [5, 5.41) is 5.42. The van der Waals surface area contributed by atoms with Crippen LogP contribution in [0.1, 0.15) is 33.5 Å². The first-order valence-electron chi connectivity index (χ1n) is 8.71. The SMILES string of the molecule is O=C(Nc1ccc2c(c1)CCC2)c1ccccc1CN1C(=O)CNC1=O. The largest absolute Gasteiger partial charge is 0.329 e. The number of aryl methyl sites for hydroxylation is 2. The number of rotatable bonds is 4. The summed E-state index contributed by atoms with van der Waals surface area (Å²) in [6, 6.07) is 12.6. The Morgan fingerprint density at radius 2 is 1.88 bits per heavy atom. The molecule has 132 valence electrons. The summed E-state index contributed by atoms with van der Waals surface area (Å²) in [5.41, 5.74) is 4.50. The highest BCUT2D eigenvalue weighted by molar-refractivity contribution is 6.06. The number of benzene rings is 2. The molecule has 6 nitrogen and oxygen atoms in total. The summed E-state index contributed by atoms with van der Waals surface area (Å²) in [7, 11) is 0. The lowest BCUT2D eigenvalue weighted by atomic mass is 10.1. The van der Waals surface area contributed by atoms with Crippen LogP contribution in [0.3, 0.4) is 0 Å². The molecule has 4 amide bonds. The van der Waals surface area contributed by atoms with E-state index in [0.717, 1.165) is 29.8 Å². The Bertz CT molecular complexity index is 891. The summed E-state index contributed by atoms with van der Waals surface area (Å²) < 4.78 is 0. The maximum absolute atomic E-state index is 12.8. The van der Waals surface area contributed by atoms with E-state index in [9.17, 15) is 14.4 Å². The summed E-state index contributed by atoms with van der Waals surface area (Å²) in [6.07, 6.45) is 3.29. The average molecular weight is 349 g/mol. The normalized spacial score (nSPS) is 15.8. The van der Waals surface area contributed by atoms with Crippen LogP contribution in [0.2, 0.25) is 0 Å². The molecule has 0 radical (unpaired) electrons. The van der Waals surface area contributed by atoms with Crippen molar-refractivity contribution in [1.82, 2.24) is 10.2 Å². The number of fused-ring (bicyclic) bond motifs is 1. The second-order valence-electron chi connectivity index (χ2n) is 6.59. The van der Waals surface area contributed by atoms with Gasteiger partial charge in [0.1, 0.15) is 0 Å². The number of urea groups is 1. The number of anilines is 1. The summed E-state index contributed by atoms with van der Waals surface area (Å²) in [5.74, 6) is -0.533. The molecule has 1 aliphatic heterocycles. The molecule has 2 N–H and O–H groups in total. The molecule has 2 aromatic rings. The zero-order chi connectivity index (χ0) is 18.1. The number of hydrogen-bond acceptors (Lipinski definition) is 3. The molecule has 0 atom stereocenters. The van der Waals surface area contributed by atoms with Crippen molar-refractivity contribution in [3.8, 4) is 0 Å². The number of carbonyl (C=O) groups is 3. The summed E-state index contributed by atoms with van der Waals surface area (Å²) in [4.78, 5) is 37.5. The van der Waals surface area contributed by atoms with E-state index in [1.165, 1.54) is 11.1 Å². The van der Waals surface area contributed by atoms with Gasteiger partial charge >= 0.3 is 6.03 Å². The second-order valence-corrected chi connectivity index (χ2v) is 6.59. The molecule has 0 unspecified atom stereocenters. The van der Waals surface area contributed by atoms with Crippen molar-refractivity contribution in [1.29, 1.82) is 0 Å². The zero-order valence-corrected chi connectivity index (χ0v) is 14.2. The standard InChI is InChI=1S/C20H19N3O3/c24-18-11-21-20(26)23(18)12-15-4-1-2-7-17(15)19(25)22-16-9-8-13-5-3-6-14(13)10-16/h1-2,4,7-10H,3,5-6,11-12H2,(H,21,26)(H,22,25). The first kappa shape index (κ1) is 16.3. The second kappa shape index (κ2) is 6.63. The number of imide groups is 1. The van der Waals surface area contributed by atoms with Crippen molar-refractivity contribution in [2.75, 3.05) is 11.9 Å². The van der Waals surface area contributed by atoms with Gasteiger partial charge in [-0.3, -0.25) is 14.5 Å². The lowest BCUT2D eigenvalue weighted by Crippen LogP contribution is -2.31. The predicted molar refractivity (Wildman–Crippen MR) is 96.8 cm³/mol. The van der Waals surface area contributed by atoms with Crippen molar-refractivity contribution in [3.63, 3.8) is 0 Å². The average Bonchev–Trinajstić information content (AvgIpc) is 3.23. The van der Waals surface area contributed by atoms with Gasteiger partial charge in [-0.05, 0) is 54.2 Å². The van der Waals surface area contributed by atoms with Crippen LogP contribution >= 0.6 is 0 Å². The van der Waals surface area contributed by atoms with Crippen molar-refractivity contribution >= 4 is 23.5 Å². The molecule has 0 saturated carbocycles. The van der Waals surface area contributed by atoms with E-state index >= 15 is 0 Å². The monoisotopic (exact) mass is 349 g/mol. The molecule has 0 spiro atoms. The first-order valence-corrected chi connectivity index (χ1v) is 8.71. The van der Waals surface area contributed by atoms with E-state index in [1.807, 2.05) is 12.1 Å². The molecule has 2 aromatic carbocycles. The quantitative estimate of drug-likeness (QED) is 0.833. The number of hydrogen-bond donors (Lipinski definition) is 2. The topological polar surface area (TPSA) is 78.5 Å². The minimum absolute atomic E-state index is 0.00230. The van der Waals surface area contributed by atoms with Crippen LogP contribution in [0.4, 0.5) is 10.5 Å². The highest BCUT2D eigenvalue weighted by Crippen LogP contribution is 2.25. The molecule has 0 aromatic heterocycles. The van der Waals surface area contributed by atoms with Crippen molar-refractivity contribution < 1.29 is 14.4 Å². The highest BCUT2D eigenvalue weighted by Gasteiger charge is 2.29. The smallest absolute Gasteiger partial charge is 0.324 e. The van der Waals surface area contributed by atoms with E-state index in [0.29, 0.717) is 11.1 Å². The molecular weight excluding hydrogens is 330 g/mol. The Kier molecular flexibility index (Phi) is 4.16. The van der Waals surface area contributed by atoms with E-state index in [4.69, 9.17) is 0 Å². The molecule has 2 aliphatic rings. The maximum Gasteiger partial charge on any atom is 0.324 e. The molecule has 6 heteroatoms. The Labute approximate surface area is 151 Å². The Morgan fingerprint density at radius 3 is 2.69 bits per heavy atom. The van der Waals surface area contributed by atoms with Gasteiger partial charge in [-0.1, -0.05) is 24.3 Å². The molecule has 1 heterocycles. The lowest BCUT2D eigenvalue weighted by molar-refractivity contribution is -0.125. The third kappa shape index (κ3) is 3.06. The third-order valence-electron chi connectivity index (χ3n) is 4.88. The molecular formula is C20H19N3O3. The van der Waals surface area contributed by atoms with Crippen LogP contribution in [0.5, 0.6) is 0 Å². The molecule has 1 fully saturated rings. The Balaban J connectivity index is 1.55. The third-order valence-corrected chi connectivity index (χ3v) is 4.88. The first-order chi connectivity index (χ1) is 12.6. The Morgan fingerprint density at radius 1 is 1.08 bits per heavy atom.